The zero-order valence-electron chi connectivity index (χ0n) is 23.7. The van der Waals surface area contributed by atoms with Crippen molar-refractivity contribution in [1.29, 1.82) is 0 Å². The molecule has 2 saturated heterocycles. The fraction of sp³-hybridized carbons (Fsp3) is 0.438. The van der Waals surface area contributed by atoms with E-state index in [0.717, 1.165) is 43.1 Å². The van der Waals surface area contributed by atoms with E-state index in [1.165, 1.54) is 45.0 Å². The zero-order valence-corrected chi connectivity index (χ0v) is 23.7. The first kappa shape index (κ1) is 29.8. The number of carbonyl (C=O) groups excluding carboxylic acids is 1. The minimum absolute atomic E-state index is 0.0371. The molecule has 1 aromatic heterocycles. The number of amides is 1. The third-order valence-electron chi connectivity index (χ3n) is 8.24. The molecule has 0 bridgehead atoms. The Kier molecular flexibility index (Phi) is 9.01. The lowest BCUT2D eigenvalue weighted by atomic mass is 9.99. The molecule has 1 amide bonds. The summed E-state index contributed by atoms with van der Waals surface area (Å²) in [5.74, 6) is -0.486. The number of ether oxygens (including phenoxy) is 1. The number of carbonyl (C=O) groups is 1. The first-order valence-electron chi connectivity index (χ1n) is 14.4. The maximum Gasteiger partial charge on any atom is 0.393 e. The number of likely N-dealkylation sites (tertiary alicyclic amines) is 2. The topological polar surface area (TPSA) is 71.7 Å². The molecule has 2 fully saturated rings. The van der Waals surface area contributed by atoms with Crippen LogP contribution in [0.1, 0.15) is 55.4 Å². The summed E-state index contributed by atoms with van der Waals surface area (Å²) in [6, 6.07) is 13.4. The SMILES string of the molecule is CC(Oc1cc(-c2ccc(CC(=O)N3CCC(N4CCCC4)CC3)cc2)cnc1N)c1c(F)cccc1CC(F)(F)F. The standard InChI is InChI=1S/C32H36F4N4O2/c1-21(30-24(19-32(34,35)36)5-4-6-27(30)33)42-28-18-25(20-38-31(28)37)23-9-7-22(8-10-23)17-29(41)40-15-11-26(12-16-40)39-13-2-3-14-39/h4-10,18,20-21,26H,2-3,11-17,19H2,1H3,(H2,37,38). The minimum Gasteiger partial charge on any atom is -0.482 e. The van der Waals surface area contributed by atoms with Crippen LogP contribution in [0.5, 0.6) is 5.75 Å². The van der Waals surface area contributed by atoms with Crippen LogP contribution in [0.15, 0.2) is 54.7 Å². The first-order chi connectivity index (χ1) is 20.1. The highest BCUT2D eigenvalue weighted by Crippen LogP contribution is 2.34. The van der Waals surface area contributed by atoms with Crippen LogP contribution in [0, 0.1) is 5.82 Å². The molecule has 3 heterocycles. The lowest BCUT2D eigenvalue weighted by Gasteiger charge is -2.36. The molecule has 42 heavy (non-hydrogen) atoms. The number of rotatable bonds is 8. The molecule has 0 aliphatic carbocycles. The van der Waals surface area contributed by atoms with Gasteiger partial charge in [-0.25, -0.2) is 9.37 Å². The smallest absolute Gasteiger partial charge is 0.393 e. The van der Waals surface area contributed by atoms with Crippen molar-refractivity contribution in [3.05, 3.63) is 77.2 Å². The van der Waals surface area contributed by atoms with Crippen molar-refractivity contribution in [2.24, 2.45) is 0 Å². The summed E-state index contributed by atoms with van der Waals surface area (Å²) in [7, 11) is 0. The predicted octanol–water partition coefficient (Wildman–Crippen LogP) is 6.34. The van der Waals surface area contributed by atoms with Gasteiger partial charge in [0.2, 0.25) is 5.91 Å². The van der Waals surface area contributed by atoms with Gasteiger partial charge in [0.15, 0.2) is 11.6 Å². The van der Waals surface area contributed by atoms with E-state index in [4.69, 9.17) is 10.5 Å². The second-order valence-corrected chi connectivity index (χ2v) is 11.2. The largest absolute Gasteiger partial charge is 0.482 e. The predicted molar refractivity (Wildman–Crippen MR) is 153 cm³/mol. The number of piperidine rings is 1. The van der Waals surface area contributed by atoms with Gasteiger partial charge in [0.1, 0.15) is 11.9 Å². The molecule has 0 spiro atoms. The summed E-state index contributed by atoms with van der Waals surface area (Å²) >= 11 is 0. The molecule has 2 aliphatic rings. The van der Waals surface area contributed by atoms with E-state index < -0.39 is 24.5 Å². The molecule has 2 aromatic carbocycles. The van der Waals surface area contributed by atoms with E-state index in [2.05, 4.69) is 9.88 Å². The third-order valence-corrected chi connectivity index (χ3v) is 8.24. The monoisotopic (exact) mass is 584 g/mol. The number of benzene rings is 2. The van der Waals surface area contributed by atoms with Crippen LogP contribution >= 0.6 is 0 Å². The summed E-state index contributed by atoms with van der Waals surface area (Å²) in [6.07, 6.45) is -0.326. The van der Waals surface area contributed by atoms with E-state index in [9.17, 15) is 22.4 Å². The van der Waals surface area contributed by atoms with E-state index in [1.807, 2.05) is 29.2 Å². The number of pyridine rings is 1. The zero-order chi connectivity index (χ0) is 29.9. The molecule has 3 aromatic rings. The molecular formula is C32H36F4N4O2. The number of hydrogen-bond donors (Lipinski definition) is 1. The summed E-state index contributed by atoms with van der Waals surface area (Å²) in [4.78, 5) is 21.7. The van der Waals surface area contributed by atoms with Gasteiger partial charge in [0.25, 0.3) is 0 Å². The maximum absolute atomic E-state index is 14.6. The normalized spacial score (nSPS) is 17.4. The Bertz CT molecular complexity index is 1380. The van der Waals surface area contributed by atoms with Crippen LogP contribution < -0.4 is 10.5 Å². The fourth-order valence-corrected chi connectivity index (χ4v) is 6.05. The molecule has 0 saturated carbocycles. The molecule has 1 unspecified atom stereocenters. The van der Waals surface area contributed by atoms with Gasteiger partial charge in [0.05, 0.1) is 12.8 Å². The Morgan fingerprint density at radius 2 is 1.74 bits per heavy atom. The molecule has 1 atom stereocenters. The van der Waals surface area contributed by atoms with E-state index >= 15 is 0 Å². The Balaban J connectivity index is 1.23. The summed E-state index contributed by atoms with van der Waals surface area (Å²) in [5.41, 5.74) is 8.00. The lowest BCUT2D eigenvalue weighted by molar-refractivity contribution is -0.132. The number of nitrogen functional groups attached to an aromatic ring is 1. The van der Waals surface area contributed by atoms with E-state index in [1.54, 1.807) is 12.3 Å². The summed E-state index contributed by atoms with van der Waals surface area (Å²) in [5, 5.41) is 0. The van der Waals surface area contributed by atoms with E-state index in [-0.39, 0.29) is 28.6 Å². The van der Waals surface area contributed by atoms with Crippen molar-refractivity contribution in [3.8, 4) is 16.9 Å². The molecule has 224 valence electrons. The van der Waals surface area contributed by atoms with Gasteiger partial charge >= 0.3 is 6.18 Å². The molecule has 6 nitrogen and oxygen atoms in total. The van der Waals surface area contributed by atoms with Crippen molar-refractivity contribution >= 4 is 11.7 Å². The minimum atomic E-state index is -4.50. The summed E-state index contributed by atoms with van der Waals surface area (Å²) < 4.78 is 59.8. The third kappa shape index (κ3) is 7.21. The van der Waals surface area contributed by atoms with Gasteiger partial charge in [-0.2, -0.15) is 13.2 Å². The molecular weight excluding hydrogens is 548 g/mol. The Morgan fingerprint density at radius 1 is 1.05 bits per heavy atom. The number of hydrogen-bond acceptors (Lipinski definition) is 5. The van der Waals surface area contributed by atoms with Crippen LogP contribution in [-0.4, -0.2) is 59.1 Å². The summed E-state index contributed by atoms with van der Waals surface area (Å²) in [6.45, 7) is 5.41. The average molecular weight is 585 g/mol. The van der Waals surface area contributed by atoms with Crippen molar-refractivity contribution in [2.45, 2.75) is 63.8 Å². The molecule has 10 heteroatoms. The van der Waals surface area contributed by atoms with E-state index in [0.29, 0.717) is 18.0 Å². The highest BCUT2D eigenvalue weighted by atomic mass is 19.4. The Hall–Kier alpha value is -3.66. The van der Waals surface area contributed by atoms with Gasteiger partial charge < -0.3 is 20.3 Å². The van der Waals surface area contributed by atoms with Crippen LogP contribution in [0.25, 0.3) is 11.1 Å². The number of aromatic nitrogens is 1. The van der Waals surface area contributed by atoms with Crippen molar-refractivity contribution in [1.82, 2.24) is 14.8 Å². The van der Waals surface area contributed by atoms with Gasteiger partial charge in [-0.3, -0.25) is 4.79 Å². The van der Waals surface area contributed by atoms with Crippen molar-refractivity contribution < 1.29 is 27.1 Å². The second-order valence-electron chi connectivity index (χ2n) is 11.2. The highest BCUT2D eigenvalue weighted by Gasteiger charge is 2.31. The van der Waals surface area contributed by atoms with Gasteiger partial charge in [-0.1, -0.05) is 36.4 Å². The van der Waals surface area contributed by atoms with Gasteiger partial charge in [0, 0.05) is 36.5 Å². The Labute approximate surface area is 243 Å². The van der Waals surface area contributed by atoms with Crippen molar-refractivity contribution in [2.75, 3.05) is 31.9 Å². The molecule has 0 radical (unpaired) electrons. The second kappa shape index (κ2) is 12.7. The average Bonchev–Trinajstić information content (AvgIpc) is 3.49. The molecule has 5 rings (SSSR count). The maximum atomic E-state index is 14.6. The lowest BCUT2D eigenvalue weighted by Crippen LogP contribution is -2.46. The van der Waals surface area contributed by atoms with Crippen LogP contribution in [0.2, 0.25) is 0 Å². The van der Waals surface area contributed by atoms with Gasteiger partial charge in [-0.15, -0.1) is 0 Å². The van der Waals surface area contributed by atoms with Crippen LogP contribution in [-0.2, 0) is 17.6 Å². The van der Waals surface area contributed by atoms with Crippen molar-refractivity contribution in [3.63, 3.8) is 0 Å². The Morgan fingerprint density at radius 3 is 2.40 bits per heavy atom. The fourth-order valence-electron chi connectivity index (χ4n) is 6.05. The number of anilines is 1. The molecule has 2 N–H and O–H groups in total. The first-order valence-corrected chi connectivity index (χ1v) is 14.4. The van der Waals surface area contributed by atoms with Crippen LogP contribution in [0.4, 0.5) is 23.4 Å². The number of nitrogens with zero attached hydrogens (tertiary/aromatic N) is 3. The highest BCUT2D eigenvalue weighted by molar-refractivity contribution is 5.79. The van der Waals surface area contributed by atoms with Crippen LogP contribution in [0.3, 0.4) is 0 Å². The molecule has 2 aliphatic heterocycles. The quantitative estimate of drug-likeness (QED) is 0.313. The number of halogens is 4. The number of alkyl halides is 3. The number of nitrogens with two attached hydrogens (primary N) is 1. The van der Waals surface area contributed by atoms with Gasteiger partial charge in [-0.05, 0) is 74.5 Å².